The normalized spacial score (nSPS) is 11.8. The second kappa shape index (κ2) is 5.17. The topological polar surface area (TPSA) is 46.2 Å². The van der Waals surface area contributed by atoms with Crippen LogP contribution >= 0.6 is 0 Å². The van der Waals surface area contributed by atoms with Gasteiger partial charge in [0.15, 0.2) is 0 Å². The zero-order valence-electron chi connectivity index (χ0n) is 8.07. The average molecular weight is 191 g/mol. The van der Waals surface area contributed by atoms with Gasteiger partial charge in [0.25, 0.3) is 5.91 Å². The molecular formula is C11H13NO2. The van der Waals surface area contributed by atoms with Gasteiger partial charge in [0, 0.05) is 5.56 Å². The number of nitrogens with one attached hydrogen (secondary N) is 1. The van der Waals surface area contributed by atoms with Crippen LogP contribution in [0.15, 0.2) is 30.3 Å². The molecule has 0 bridgehead atoms. The van der Waals surface area contributed by atoms with Gasteiger partial charge in [-0.05, 0) is 18.6 Å². The minimum absolute atomic E-state index is 0.204. The second-order valence-corrected chi connectivity index (χ2v) is 2.99. The summed E-state index contributed by atoms with van der Waals surface area (Å²) in [4.78, 5) is 22.0. The zero-order chi connectivity index (χ0) is 10.4. The molecule has 0 spiro atoms. The van der Waals surface area contributed by atoms with Gasteiger partial charge in [-0.25, -0.2) is 0 Å². The number of benzene rings is 1. The van der Waals surface area contributed by atoms with Crippen LogP contribution in [-0.2, 0) is 4.79 Å². The maximum atomic E-state index is 11.5. The van der Waals surface area contributed by atoms with Gasteiger partial charge >= 0.3 is 0 Å². The van der Waals surface area contributed by atoms with Gasteiger partial charge in [-0.1, -0.05) is 25.1 Å². The third-order valence-electron chi connectivity index (χ3n) is 1.96. The van der Waals surface area contributed by atoms with Crippen molar-refractivity contribution < 1.29 is 9.59 Å². The number of carbonyl (C=O) groups is 2. The highest BCUT2D eigenvalue weighted by Gasteiger charge is 2.09. The summed E-state index contributed by atoms with van der Waals surface area (Å²) in [6.45, 7) is 1.85. The maximum absolute atomic E-state index is 11.5. The molecule has 1 aromatic rings. The molecule has 1 N–H and O–H groups in total. The van der Waals surface area contributed by atoms with Crippen LogP contribution in [0.4, 0.5) is 0 Å². The minimum Gasteiger partial charge on any atom is -0.343 e. The molecule has 1 aromatic carbocycles. The first-order chi connectivity index (χ1) is 6.77. The second-order valence-electron chi connectivity index (χ2n) is 2.99. The molecule has 3 heteroatoms. The molecule has 0 radical (unpaired) electrons. The summed E-state index contributed by atoms with van der Waals surface area (Å²) in [5.41, 5.74) is 0.577. The lowest BCUT2D eigenvalue weighted by Gasteiger charge is -2.09. The van der Waals surface area contributed by atoms with Crippen LogP contribution in [0.2, 0.25) is 0 Å². The van der Waals surface area contributed by atoms with E-state index < -0.39 is 0 Å². The number of carbonyl (C=O) groups excluding carboxylic acids is 2. The molecule has 0 saturated carbocycles. The first-order valence-electron chi connectivity index (χ1n) is 4.59. The Labute approximate surface area is 83.1 Å². The lowest BCUT2D eigenvalue weighted by Crippen LogP contribution is -2.35. The van der Waals surface area contributed by atoms with Crippen molar-refractivity contribution in [2.75, 3.05) is 0 Å². The van der Waals surface area contributed by atoms with Gasteiger partial charge < -0.3 is 10.1 Å². The summed E-state index contributed by atoms with van der Waals surface area (Å²) in [6.07, 6.45) is 1.36. The van der Waals surface area contributed by atoms with Crippen molar-refractivity contribution in [3.05, 3.63) is 35.9 Å². The quantitative estimate of drug-likeness (QED) is 0.731. The van der Waals surface area contributed by atoms with Crippen LogP contribution in [0.1, 0.15) is 23.7 Å². The van der Waals surface area contributed by atoms with Crippen LogP contribution in [-0.4, -0.2) is 18.2 Å². The summed E-state index contributed by atoms with van der Waals surface area (Å²) in [6, 6.07) is 8.46. The number of rotatable bonds is 4. The number of hydrogen-bond acceptors (Lipinski definition) is 2. The smallest absolute Gasteiger partial charge is 0.251 e. The predicted molar refractivity (Wildman–Crippen MR) is 54.1 cm³/mol. The third kappa shape index (κ3) is 2.69. The predicted octanol–water partition coefficient (Wildman–Crippen LogP) is 1.39. The molecule has 1 atom stereocenters. The number of hydrogen-bond donors (Lipinski definition) is 1. The molecule has 74 valence electrons. The summed E-state index contributed by atoms with van der Waals surface area (Å²) >= 11 is 0. The summed E-state index contributed by atoms with van der Waals surface area (Å²) in [5, 5.41) is 2.63. The van der Waals surface area contributed by atoms with Crippen molar-refractivity contribution in [1.29, 1.82) is 0 Å². The first kappa shape index (κ1) is 10.4. The number of aldehydes is 1. The molecule has 0 aromatic heterocycles. The molecule has 0 aliphatic rings. The highest BCUT2D eigenvalue weighted by molar-refractivity contribution is 5.95. The van der Waals surface area contributed by atoms with E-state index in [4.69, 9.17) is 0 Å². The van der Waals surface area contributed by atoms with Crippen molar-refractivity contribution in [1.82, 2.24) is 5.32 Å². The fourth-order valence-electron chi connectivity index (χ4n) is 1.07. The fraction of sp³-hybridized carbons (Fsp3) is 0.273. The van der Waals surface area contributed by atoms with E-state index in [1.54, 1.807) is 24.3 Å². The molecule has 1 rings (SSSR count). The van der Waals surface area contributed by atoms with E-state index >= 15 is 0 Å². The molecule has 0 fully saturated rings. The largest absolute Gasteiger partial charge is 0.343 e. The highest BCUT2D eigenvalue weighted by Crippen LogP contribution is 1.99. The Hall–Kier alpha value is -1.64. The van der Waals surface area contributed by atoms with E-state index in [9.17, 15) is 9.59 Å². The third-order valence-corrected chi connectivity index (χ3v) is 1.96. The zero-order valence-corrected chi connectivity index (χ0v) is 8.07. The van der Waals surface area contributed by atoms with Crippen LogP contribution in [0.25, 0.3) is 0 Å². The van der Waals surface area contributed by atoms with E-state index in [-0.39, 0.29) is 11.9 Å². The molecule has 0 heterocycles. The van der Waals surface area contributed by atoms with Gasteiger partial charge in [0.2, 0.25) is 0 Å². The summed E-state index contributed by atoms with van der Waals surface area (Å²) in [7, 11) is 0. The molecule has 14 heavy (non-hydrogen) atoms. The molecule has 0 saturated heterocycles. The van der Waals surface area contributed by atoms with Gasteiger partial charge in [-0.15, -0.1) is 0 Å². The molecule has 1 unspecified atom stereocenters. The van der Waals surface area contributed by atoms with Crippen molar-refractivity contribution in [2.24, 2.45) is 0 Å². The first-order valence-corrected chi connectivity index (χ1v) is 4.59. The van der Waals surface area contributed by atoms with Crippen LogP contribution in [0.3, 0.4) is 0 Å². The molecular weight excluding hydrogens is 178 g/mol. The Bertz CT molecular complexity index is 308. The van der Waals surface area contributed by atoms with Crippen LogP contribution < -0.4 is 5.32 Å². The number of amides is 1. The Kier molecular flexibility index (Phi) is 3.85. The van der Waals surface area contributed by atoms with Gasteiger partial charge in [0.05, 0.1) is 6.04 Å². The van der Waals surface area contributed by atoms with Crippen molar-refractivity contribution in [3.8, 4) is 0 Å². The Balaban J connectivity index is 2.63. The summed E-state index contributed by atoms with van der Waals surface area (Å²) in [5.74, 6) is -0.204. The van der Waals surface area contributed by atoms with Crippen LogP contribution in [0.5, 0.6) is 0 Å². The Morgan fingerprint density at radius 2 is 2.07 bits per heavy atom. The molecule has 3 nitrogen and oxygen atoms in total. The Morgan fingerprint density at radius 1 is 1.43 bits per heavy atom. The monoisotopic (exact) mass is 191 g/mol. The van der Waals surface area contributed by atoms with Gasteiger partial charge in [-0.3, -0.25) is 4.79 Å². The van der Waals surface area contributed by atoms with Gasteiger partial charge in [0.1, 0.15) is 6.29 Å². The highest BCUT2D eigenvalue weighted by atomic mass is 16.2. The van der Waals surface area contributed by atoms with Crippen molar-refractivity contribution in [2.45, 2.75) is 19.4 Å². The van der Waals surface area contributed by atoms with E-state index in [2.05, 4.69) is 5.32 Å². The fourth-order valence-corrected chi connectivity index (χ4v) is 1.07. The van der Waals surface area contributed by atoms with Crippen molar-refractivity contribution in [3.63, 3.8) is 0 Å². The van der Waals surface area contributed by atoms with Crippen molar-refractivity contribution >= 4 is 12.2 Å². The standard InChI is InChI=1S/C11H13NO2/c1-2-10(8-13)12-11(14)9-6-4-3-5-7-9/h3-8,10H,2H2,1H3,(H,12,14). The van der Waals surface area contributed by atoms with Gasteiger partial charge in [-0.2, -0.15) is 0 Å². The van der Waals surface area contributed by atoms with E-state index in [0.29, 0.717) is 12.0 Å². The molecule has 0 aliphatic heterocycles. The Morgan fingerprint density at radius 3 is 2.57 bits per heavy atom. The summed E-state index contributed by atoms with van der Waals surface area (Å²) < 4.78 is 0. The lowest BCUT2D eigenvalue weighted by atomic mass is 10.2. The maximum Gasteiger partial charge on any atom is 0.251 e. The molecule has 1 amide bonds. The average Bonchev–Trinajstić information content (AvgIpc) is 2.26. The van der Waals surface area contributed by atoms with Crippen LogP contribution in [0, 0.1) is 0 Å². The SMILES string of the molecule is CCC(C=O)NC(=O)c1ccccc1. The lowest BCUT2D eigenvalue weighted by molar-refractivity contribution is -0.109. The van der Waals surface area contributed by atoms with E-state index in [1.165, 1.54) is 0 Å². The van der Waals surface area contributed by atoms with E-state index in [1.807, 2.05) is 13.0 Å². The van der Waals surface area contributed by atoms with E-state index in [0.717, 1.165) is 6.29 Å². The molecule has 0 aliphatic carbocycles. The minimum atomic E-state index is -0.386.